The van der Waals surface area contributed by atoms with Gasteiger partial charge in [0.1, 0.15) is 11.4 Å². The van der Waals surface area contributed by atoms with E-state index >= 15 is 0 Å². The number of para-hydroxylation sites is 1. The number of rotatable bonds is 7. The molecule has 1 aromatic heterocycles. The molecule has 0 saturated carbocycles. The highest BCUT2D eigenvalue weighted by Crippen LogP contribution is 2.38. The van der Waals surface area contributed by atoms with Gasteiger partial charge in [0.25, 0.3) is 0 Å². The first-order valence-electron chi connectivity index (χ1n) is 14.0. The van der Waals surface area contributed by atoms with Crippen LogP contribution >= 0.6 is 0 Å². The van der Waals surface area contributed by atoms with E-state index in [-0.39, 0.29) is 17.8 Å². The number of aromatic hydroxyl groups is 1. The van der Waals surface area contributed by atoms with Crippen LogP contribution in [-0.2, 0) is 21.4 Å². The van der Waals surface area contributed by atoms with Crippen LogP contribution in [0.2, 0.25) is 0 Å². The molecule has 1 heterocycles. The van der Waals surface area contributed by atoms with Gasteiger partial charge in [-0.3, -0.25) is 0 Å². The van der Waals surface area contributed by atoms with Crippen molar-refractivity contribution >= 4 is 22.8 Å². The molecule has 0 saturated heterocycles. The normalized spacial score (nSPS) is 11.5. The molecule has 0 fully saturated rings. The summed E-state index contributed by atoms with van der Waals surface area (Å²) in [5.41, 5.74) is 7.20. The van der Waals surface area contributed by atoms with Gasteiger partial charge in [-0.25, -0.2) is 9.59 Å². The number of methoxy groups -OCH3 is 1. The first kappa shape index (κ1) is 28.7. The van der Waals surface area contributed by atoms with E-state index in [0.717, 1.165) is 38.7 Å². The Morgan fingerprint density at radius 2 is 1.48 bits per heavy atom. The fourth-order valence-electron chi connectivity index (χ4n) is 5.34. The first-order chi connectivity index (χ1) is 20.1. The summed E-state index contributed by atoms with van der Waals surface area (Å²) in [6.45, 7) is 8.91. The molecule has 0 radical (unpaired) electrons. The van der Waals surface area contributed by atoms with E-state index in [2.05, 4.69) is 45.0 Å². The van der Waals surface area contributed by atoms with Crippen LogP contribution in [0.25, 0.3) is 33.2 Å². The molecule has 6 nitrogen and oxygen atoms in total. The largest absolute Gasteiger partial charge is 0.508 e. The summed E-state index contributed by atoms with van der Waals surface area (Å²) in [6.07, 6.45) is 0. The van der Waals surface area contributed by atoms with Crippen molar-refractivity contribution < 1.29 is 24.2 Å². The van der Waals surface area contributed by atoms with Gasteiger partial charge in [0.2, 0.25) is 0 Å². The number of carbonyl (C=O) groups is 2. The van der Waals surface area contributed by atoms with Crippen LogP contribution < -0.4 is 0 Å². The first-order valence-corrected chi connectivity index (χ1v) is 14.0. The molecule has 4 aromatic carbocycles. The number of ether oxygens (including phenoxy) is 2. The molecule has 1 N–H and O–H groups in total. The van der Waals surface area contributed by atoms with Gasteiger partial charge in [0.05, 0.1) is 19.3 Å². The average molecular weight is 562 g/mol. The third-order valence-electron chi connectivity index (χ3n) is 7.44. The monoisotopic (exact) mass is 561 g/mol. The van der Waals surface area contributed by atoms with Crippen LogP contribution in [-0.4, -0.2) is 35.3 Å². The number of benzene rings is 4. The standard InChI is InChI=1S/C36H35NO5/c1-6-42-35(40)33-32(25-15-17-28(18-16-25)36(2,3)4)30-9-7-8-10-31(30)37(33)22-23-19-27(21-29(38)20-23)24-11-13-26(14-12-24)34(39)41-5/h7-21,38H,6,22H2,1-5H3. The van der Waals surface area contributed by atoms with Crippen molar-refractivity contribution in [3.8, 4) is 28.0 Å². The number of nitrogens with zero attached hydrogens (tertiary/aromatic N) is 1. The van der Waals surface area contributed by atoms with Gasteiger partial charge >= 0.3 is 11.9 Å². The summed E-state index contributed by atoms with van der Waals surface area (Å²) in [5, 5.41) is 11.6. The molecule has 0 spiro atoms. The van der Waals surface area contributed by atoms with Crippen LogP contribution in [0.15, 0.2) is 91.0 Å². The summed E-state index contributed by atoms with van der Waals surface area (Å²) >= 11 is 0. The molecule has 0 aliphatic rings. The third-order valence-corrected chi connectivity index (χ3v) is 7.44. The van der Waals surface area contributed by atoms with Crippen LogP contribution in [0, 0.1) is 0 Å². The number of fused-ring (bicyclic) bond motifs is 1. The Labute approximate surface area is 246 Å². The lowest BCUT2D eigenvalue weighted by molar-refractivity contribution is 0.0515. The number of phenolic OH excluding ortho intramolecular Hbond substituents is 1. The summed E-state index contributed by atoms with van der Waals surface area (Å²) < 4.78 is 12.4. The van der Waals surface area contributed by atoms with Gasteiger partial charge in [-0.2, -0.15) is 0 Å². The number of esters is 2. The van der Waals surface area contributed by atoms with Gasteiger partial charge in [0, 0.05) is 23.0 Å². The molecule has 214 valence electrons. The molecule has 0 amide bonds. The highest BCUT2D eigenvalue weighted by molar-refractivity contribution is 6.08. The lowest BCUT2D eigenvalue weighted by Crippen LogP contribution is -2.14. The Bertz CT molecular complexity index is 1760. The minimum absolute atomic E-state index is 0.00312. The SMILES string of the molecule is CCOC(=O)c1c(-c2ccc(C(C)(C)C)cc2)c2ccccc2n1Cc1cc(O)cc(-c2ccc(C(=O)OC)cc2)c1. The number of hydrogen-bond donors (Lipinski definition) is 1. The third kappa shape index (κ3) is 5.66. The van der Waals surface area contributed by atoms with Crippen LogP contribution in [0.4, 0.5) is 0 Å². The number of hydrogen-bond acceptors (Lipinski definition) is 5. The maximum Gasteiger partial charge on any atom is 0.355 e. The summed E-state index contributed by atoms with van der Waals surface area (Å²) in [4.78, 5) is 25.5. The molecule has 0 aliphatic heterocycles. The second kappa shape index (κ2) is 11.6. The summed E-state index contributed by atoms with van der Waals surface area (Å²) in [7, 11) is 1.35. The van der Waals surface area contributed by atoms with Crippen molar-refractivity contribution in [2.45, 2.75) is 39.7 Å². The van der Waals surface area contributed by atoms with Gasteiger partial charge in [-0.1, -0.05) is 75.4 Å². The predicted molar refractivity (Wildman–Crippen MR) is 166 cm³/mol. The highest BCUT2D eigenvalue weighted by atomic mass is 16.5. The second-order valence-electron chi connectivity index (χ2n) is 11.3. The molecule has 0 bridgehead atoms. The smallest absolute Gasteiger partial charge is 0.355 e. The summed E-state index contributed by atoms with van der Waals surface area (Å²) in [6, 6.07) is 28.7. The molecule has 5 aromatic rings. The minimum atomic E-state index is -0.409. The highest BCUT2D eigenvalue weighted by Gasteiger charge is 2.26. The van der Waals surface area contributed by atoms with E-state index < -0.39 is 11.9 Å². The Morgan fingerprint density at radius 3 is 2.12 bits per heavy atom. The molecule has 5 rings (SSSR count). The zero-order valence-corrected chi connectivity index (χ0v) is 24.6. The van der Waals surface area contributed by atoms with Crippen LogP contribution in [0.5, 0.6) is 5.75 Å². The minimum Gasteiger partial charge on any atom is -0.508 e. The van der Waals surface area contributed by atoms with E-state index in [1.54, 1.807) is 31.2 Å². The molecule has 42 heavy (non-hydrogen) atoms. The molecular weight excluding hydrogens is 526 g/mol. The maximum atomic E-state index is 13.6. The van der Waals surface area contributed by atoms with Crippen molar-refractivity contribution in [2.24, 2.45) is 0 Å². The van der Waals surface area contributed by atoms with Crippen LogP contribution in [0.3, 0.4) is 0 Å². The van der Waals surface area contributed by atoms with Crippen molar-refractivity contribution in [3.63, 3.8) is 0 Å². The number of aromatic nitrogens is 1. The molecule has 6 heteroatoms. The Hall–Kier alpha value is -4.84. The number of carbonyl (C=O) groups excluding carboxylic acids is 2. The van der Waals surface area contributed by atoms with Gasteiger partial charge in [-0.15, -0.1) is 0 Å². The molecule has 0 unspecified atom stereocenters. The van der Waals surface area contributed by atoms with Crippen LogP contribution in [0.1, 0.15) is 59.7 Å². The van der Waals surface area contributed by atoms with Crippen molar-refractivity contribution in [2.75, 3.05) is 13.7 Å². The molecular formula is C36H35NO5. The summed E-state index contributed by atoms with van der Waals surface area (Å²) in [5.74, 6) is -0.706. The Kier molecular flexibility index (Phi) is 7.90. The quantitative estimate of drug-likeness (QED) is 0.204. The van der Waals surface area contributed by atoms with E-state index in [9.17, 15) is 14.7 Å². The Balaban J connectivity index is 1.64. The van der Waals surface area contributed by atoms with Gasteiger partial charge < -0.3 is 19.1 Å². The molecule has 0 atom stereocenters. The van der Waals surface area contributed by atoms with Gasteiger partial charge in [0.15, 0.2) is 0 Å². The van der Waals surface area contributed by atoms with Crippen molar-refractivity contribution in [1.29, 1.82) is 0 Å². The van der Waals surface area contributed by atoms with Crippen molar-refractivity contribution in [3.05, 3.63) is 113 Å². The zero-order valence-electron chi connectivity index (χ0n) is 24.6. The lowest BCUT2D eigenvalue weighted by Gasteiger charge is -2.19. The van der Waals surface area contributed by atoms with Crippen molar-refractivity contribution in [1.82, 2.24) is 4.57 Å². The predicted octanol–water partition coefficient (Wildman–Crippen LogP) is 7.99. The van der Waals surface area contributed by atoms with E-state index in [4.69, 9.17) is 9.47 Å². The van der Waals surface area contributed by atoms with E-state index in [1.165, 1.54) is 12.7 Å². The second-order valence-corrected chi connectivity index (χ2v) is 11.3. The van der Waals surface area contributed by atoms with Gasteiger partial charge in [-0.05, 0) is 76.6 Å². The zero-order chi connectivity index (χ0) is 30.0. The fraction of sp³-hybridized carbons (Fsp3) is 0.222. The number of phenols is 1. The fourth-order valence-corrected chi connectivity index (χ4v) is 5.34. The topological polar surface area (TPSA) is 77.8 Å². The average Bonchev–Trinajstić information content (AvgIpc) is 3.30. The van der Waals surface area contributed by atoms with E-state index in [0.29, 0.717) is 17.8 Å². The van der Waals surface area contributed by atoms with E-state index in [1.807, 2.05) is 47.0 Å². The lowest BCUT2D eigenvalue weighted by atomic mass is 9.86. The molecule has 0 aliphatic carbocycles. The maximum absolute atomic E-state index is 13.6. The Morgan fingerprint density at radius 1 is 0.810 bits per heavy atom.